The van der Waals surface area contributed by atoms with Crippen LogP contribution in [-0.4, -0.2) is 29.4 Å². The van der Waals surface area contributed by atoms with Crippen LogP contribution in [0.15, 0.2) is 0 Å². The number of hydrogen-bond donors (Lipinski definition) is 1. The molecule has 1 radical (unpaired) electrons. The molecule has 0 amide bonds. The van der Waals surface area contributed by atoms with E-state index in [1.807, 2.05) is 13.8 Å². The van der Waals surface area contributed by atoms with Gasteiger partial charge in [0, 0.05) is 0 Å². The van der Waals surface area contributed by atoms with Crippen molar-refractivity contribution < 1.29 is 5.11 Å². The maximum Gasteiger partial charge on any atom is 0.618 e. The van der Waals surface area contributed by atoms with Crippen LogP contribution >= 0.6 is 18.1 Å². The smallest absolute Gasteiger partial charge is 0.393 e. The summed E-state index contributed by atoms with van der Waals surface area (Å²) >= 11 is -0.639. The molecule has 1 nitrogen and oxygen atoms in total. The number of aliphatic hydroxyl groups is 1. The van der Waals surface area contributed by atoms with Crippen molar-refractivity contribution in [3.63, 3.8) is 0 Å². The summed E-state index contributed by atoms with van der Waals surface area (Å²) in [7, 11) is 9.81. The van der Waals surface area contributed by atoms with Gasteiger partial charge in [-0.15, -0.1) is 0 Å². The Kier molecular flexibility index (Phi) is 14.3. The molecule has 0 saturated carbocycles. The second-order valence-corrected chi connectivity index (χ2v) is 4.83. The second kappa shape index (κ2) is 10.3. The summed E-state index contributed by atoms with van der Waals surface area (Å²) < 4.78 is 0. The van der Waals surface area contributed by atoms with E-state index >= 15 is 0 Å². The van der Waals surface area contributed by atoms with E-state index in [0.717, 1.165) is 0 Å². The van der Waals surface area contributed by atoms with Crippen LogP contribution in [0.25, 0.3) is 0 Å². The van der Waals surface area contributed by atoms with Gasteiger partial charge < -0.3 is 23.2 Å². The van der Waals surface area contributed by atoms with Gasteiger partial charge in [0.1, 0.15) is 0 Å². The van der Waals surface area contributed by atoms with E-state index in [0.29, 0.717) is 12.3 Å². The number of aliphatic hydroxyl groups excluding tert-OH is 1. The Hall–Kier alpha value is 1.31. The normalized spacial score (nSPS) is 11.5. The molecular weight excluding hydrogens is 183 g/mol. The number of halogens is 2. The van der Waals surface area contributed by atoms with Crippen LogP contribution in [0, 0.1) is 12.8 Å². The molecule has 59 valence electrons. The van der Waals surface area contributed by atoms with Crippen molar-refractivity contribution >= 4 is 36.3 Å². The summed E-state index contributed by atoms with van der Waals surface area (Å²) in [6, 6.07) is 0. The minimum atomic E-state index is -0.639. The highest BCUT2D eigenvalue weighted by molar-refractivity contribution is 7.22. The lowest BCUT2D eigenvalue weighted by Gasteiger charge is -2.09. The van der Waals surface area contributed by atoms with Gasteiger partial charge in [0.05, 0.1) is 6.10 Å². The van der Waals surface area contributed by atoms with E-state index < -0.39 is 18.2 Å². The molecule has 0 rings (SSSR count). The fourth-order valence-electron chi connectivity index (χ4n) is 0.333. The zero-order chi connectivity index (χ0) is 8.57. The SMILES string of the molecule is [CH2]CC(O)C(C)C.[Cl][Mg][Cl]. The first-order valence-electron chi connectivity index (χ1n) is 3.19. The van der Waals surface area contributed by atoms with Crippen LogP contribution in [0.3, 0.4) is 0 Å². The first-order valence-corrected chi connectivity index (χ1v) is 7.47. The predicted octanol–water partition coefficient (Wildman–Crippen LogP) is 2.23. The average Bonchev–Trinajstić information content (AvgIpc) is 1.88. The van der Waals surface area contributed by atoms with Crippen LogP contribution in [0.2, 0.25) is 0 Å². The summed E-state index contributed by atoms with van der Waals surface area (Å²) in [5, 5.41) is 8.87. The monoisotopic (exact) mass is 195 g/mol. The lowest BCUT2D eigenvalue weighted by Crippen LogP contribution is -2.12. The Morgan fingerprint density at radius 3 is 1.80 bits per heavy atom. The van der Waals surface area contributed by atoms with Gasteiger partial charge >= 0.3 is 18.2 Å². The minimum Gasteiger partial charge on any atom is -0.393 e. The summed E-state index contributed by atoms with van der Waals surface area (Å²) in [4.78, 5) is 0. The van der Waals surface area contributed by atoms with Crippen molar-refractivity contribution in [2.45, 2.75) is 26.4 Å². The van der Waals surface area contributed by atoms with Crippen LogP contribution in [-0.2, 0) is 0 Å². The summed E-state index contributed by atoms with van der Waals surface area (Å²) in [6.07, 6.45) is 0.414. The molecule has 1 unspecified atom stereocenters. The molecule has 4 heteroatoms. The van der Waals surface area contributed by atoms with E-state index in [9.17, 15) is 0 Å². The third-order valence-corrected chi connectivity index (χ3v) is 1.07. The Labute approximate surface area is 80.4 Å². The molecule has 0 aliphatic carbocycles. The lowest BCUT2D eigenvalue weighted by molar-refractivity contribution is 0.128. The zero-order valence-electron chi connectivity index (χ0n) is 6.48. The highest BCUT2D eigenvalue weighted by Crippen LogP contribution is 2.02. The van der Waals surface area contributed by atoms with Crippen molar-refractivity contribution in [3.8, 4) is 0 Å². The maximum absolute atomic E-state index is 8.87. The molecular formula is C6H13Cl2MgO. The van der Waals surface area contributed by atoms with Crippen LogP contribution in [0.4, 0.5) is 0 Å². The molecule has 0 spiro atoms. The second-order valence-electron chi connectivity index (χ2n) is 2.20. The molecule has 1 N–H and O–H groups in total. The molecule has 10 heavy (non-hydrogen) atoms. The van der Waals surface area contributed by atoms with E-state index in [2.05, 4.69) is 6.92 Å². The molecule has 0 aliphatic rings. The van der Waals surface area contributed by atoms with Crippen molar-refractivity contribution in [2.24, 2.45) is 5.92 Å². The lowest BCUT2D eigenvalue weighted by atomic mass is 10.1. The Balaban J connectivity index is 0. The molecule has 0 aromatic heterocycles. The van der Waals surface area contributed by atoms with Crippen molar-refractivity contribution in [3.05, 3.63) is 6.92 Å². The molecule has 0 aromatic rings. The predicted molar refractivity (Wildman–Crippen MR) is 48.3 cm³/mol. The van der Waals surface area contributed by atoms with Gasteiger partial charge in [0.2, 0.25) is 0 Å². The van der Waals surface area contributed by atoms with Crippen LogP contribution in [0.1, 0.15) is 20.3 Å². The van der Waals surface area contributed by atoms with Gasteiger partial charge in [-0.2, -0.15) is 0 Å². The Morgan fingerprint density at radius 1 is 1.50 bits per heavy atom. The maximum atomic E-state index is 8.87. The largest absolute Gasteiger partial charge is 0.618 e. The average molecular weight is 196 g/mol. The van der Waals surface area contributed by atoms with E-state index in [4.69, 9.17) is 23.2 Å². The standard InChI is InChI=1S/C6H13O.2ClH.Mg/c1-4-6(7)5(2)3;;;/h5-7H,1,4H2,2-3H3;2*1H;/q;;;+2/p-2. The molecule has 0 heterocycles. The van der Waals surface area contributed by atoms with Gasteiger partial charge in [-0.25, -0.2) is 0 Å². The van der Waals surface area contributed by atoms with Gasteiger partial charge in [-0.3, -0.25) is 0 Å². The minimum absolute atomic E-state index is 0.208. The van der Waals surface area contributed by atoms with E-state index in [-0.39, 0.29) is 6.10 Å². The van der Waals surface area contributed by atoms with Crippen molar-refractivity contribution in [1.29, 1.82) is 0 Å². The molecule has 0 aromatic carbocycles. The van der Waals surface area contributed by atoms with Crippen LogP contribution in [0.5, 0.6) is 0 Å². The molecule has 1 atom stereocenters. The number of rotatable bonds is 2. The Bertz CT molecular complexity index is 61.7. The first kappa shape index (κ1) is 13.9. The topological polar surface area (TPSA) is 20.2 Å². The van der Waals surface area contributed by atoms with E-state index in [1.54, 1.807) is 0 Å². The van der Waals surface area contributed by atoms with E-state index in [1.165, 1.54) is 0 Å². The van der Waals surface area contributed by atoms with Crippen LogP contribution < -0.4 is 0 Å². The number of hydrogen-bond acceptors (Lipinski definition) is 1. The fourth-order valence-corrected chi connectivity index (χ4v) is 0.333. The van der Waals surface area contributed by atoms with Gasteiger partial charge in [0.25, 0.3) is 0 Å². The summed E-state index contributed by atoms with van der Waals surface area (Å²) in [5.41, 5.74) is 0. The molecule has 0 saturated heterocycles. The molecule has 0 aliphatic heterocycles. The van der Waals surface area contributed by atoms with Crippen molar-refractivity contribution in [1.82, 2.24) is 0 Å². The third-order valence-electron chi connectivity index (χ3n) is 1.07. The third kappa shape index (κ3) is 12.0. The highest BCUT2D eigenvalue weighted by Gasteiger charge is 2.03. The zero-order valence-corrected chi connectivity index (χ0v) is 9.41. The summed E-state index contributed by atoms with van der Waals surface area (Å²) in [5.74, 6) is 0.359. The quantitative estimate of drug-likeness (QED) is 0.672. The molecule has 0 bridgehead atoms. The highest BCUT2D eigenvalue weighted by atomic mass is 35.6. The van der Waals surface area contributed by atoms with Gasteiger partial charge in [-0.1, -0.05) is 20.8 Å². The first-order chi connectivity index (χ1) is 4.59. The van der Waals surface area contributed by atoms with Crippen molar-refractivity contribution in [2.75, 3.05) is 0 Å². The summed E-state index contributed by atoms with van der Waals surface area (Å²) in [6.45, 7) is 7.52. The molecule has 0 fully saturated rings. The Morgan fingerprint density at radius 2 is 1.80 bits per heavy atom. The fraction of sp³-hybridized carbons (Fsp3) is 0.833. The van der Waals surface area contributed by atoms with Gasteiger partial charge in [0.15, 0.2) is 0 Å². The van der Waals surface area contributed by atoms with Gasteiger partial charge in [-0.05, 0) is 12.3 Å².